The molecule has 2 aromatic heterocycles. The maximum Gasteiger partial charge on any atom is 0.0951 e. The summed E-state index contributed by atoms with van der Waals surface area (Å²) in [6.07, 6.45) is 1.77. The molecular weight excluding hydrogens is 158 g/mol. The van der Waals surface area contributed by atoms with E-state index in [4.69, 9.17) is 0 Å². The van der Waals surface area contributed by atoms with Crippen molar-refractivity contribution in [1.29, 1.82) is 0 Å². The molecular formula is C7H7N3S. The Kier molecular flexibility index (Phi) is 1.35. The van der Waals surface area contributed by atoms with Gasteiger partial charge in [0.1, 0.15) is 0 Å². The average Bonchev–Trinajstić information content (AvgIpc) is 2.32. The molecule has 2 rings (SSSR count). The van der Waals surface area contributed by atoms with Crippen molar-refractivity contribution in [3.8, 4) is 0 Å². The second-order valence-electron chi connectivity index (χ2n) is 2.40. The molecule has 0 fully saturated rings. The van der Waals surface area contributed by atoms with E-state index in [2.05, 4.69) is 27.8 Å². The molecule has 4 heteroatoms. The van der Waals surface area contributed by atoms with Gasteiger partial charge in [0, 0.05) is 11.6 Å². The van der Waals surface area contributed by atoms with Gasteiger partial charge >= 0.3 is 0 Å². The maximum absolute atomic E-state index is 4.11. The van der Waals surface area contributed by atoms with Crippen molar-refractivity contribution >= 4 is 23.5 Å². The fraction of sp³-hybridized carbons (Fsp3) is 0.143. The van der Waals surface area contributed by atoms with Gasteiger partial charge in [0.05, 0.1) is 16.2 Å². The highest BCUT2D eigenvalue weighted by atomic mass is 32.1. The molecule has 0 aliphatic carbocycles. The van der Waals surface area contributed by atoms with E-state index in [1.165, 1.54) is 0 Å². The number of aryl methyl sites for hydroxylation is 1. The molecule has 11 heavy (non-hydrogen) atoms. The van der Waals surface area contributed by atoms with Gasteiger partial charge in [-0.15, -0.1) is 12.6 Å². The molecule has 2 heterocycles. The van der Waals surface area contributed by atoms with Crippen molar-refractivity contribution in [2.45, 2.75) is 11.9 Å². The summed E-state index contributed by atoms with van der Waals surface area (Å²) in [5.74, 6) is 0. The van der Waals surface area contributed by atoms with E-state index in [0.717, 1.165) is 16.6 Å². The lowest BCUT2D eigenvalue weighted by atomic mass is 10.3. The van der Waals surface area contributed by atoms with Crippen molar-refractivity contribution < 1.29 is 0 Å². The summed E-state index contributed by atoms with van der Waals surface area (Å²) in [6.45, 7) is 1.94. The zero-order chi connectivity index (χ0) is 7.84. The Morgan fingerprint density at radius 2 is 2.36 bits per heavy atom. The summed E-state index contributed by atoms with van der Waals surface area (Å²) < 4.78 is 0. The fourth-order valence-corrected chi connectivity index (χ4v) is 1.22. The molecule has 0 unspecified atom stereocenters. The zero-order valence-electron chi connectivity index (χ0n) is 6.00. The molecule has 0 saturated heterocycles. The number of aromatic nitrogens is 3. The molecule has 0 radical (unpaired) electrons. The average molecular weight is 165 g/mol. The van der Waals surface area contributed by atoms with Gasteiger partial charge in [-0.3, -0.25) is 5.10 Å². The molecule has 0 spiro atoms. The summed E-state index contributed by atoms with van der Waals surface area (Å²) in [4.78, 5) is 4.04. The van der Waals surface area contributed by atoms with Gasteiger partial charge in [-0.2, -0.15) is 5.10 Å². The predicted octanol–water partition coefficient (Wildman–Crippen LogP) is 1.56. The van der Waals surface area contributed by atoms with E-state index in [1.807, 2.05) is 13.0 Å². The number of aromatic amines is 1. The first-order valence-corrected chi connectivity index (χ1v) is 3.72. The van der Waals surface area contributed by atoms with Crippen LogP contribution < -0.4 is 0 Å². The molecule has 0 bridgehead atoms. The van der Waals surface area contributed by atoms with E-state index < -0.39 is 0 Å². The van der Waals surface area contributed by atoms with Crippen molar-refractivity contribution in [3.63, 3.8) is 0 Å². The molecule has 2 aromatic rings. The topological polar surface area (TPSA) is 41.6 Å². The van der Waals surface area contributed by atoms with Crippen molar-refractivity contribution in [1.82, 2.24) is 15.2 Å². The number of thiol groups is 1. The summed E-state index contributed by atoms with van der Waals surface area (Å²) in [6, 6.07) is 1.86. The number of fused-ring (bicyclic) bond motifs is 1. The lowest BCUT2D eigenvalue weighted by Crippen LogP contribution is -1.75. The van der Waals surface area contributed by atoms with Crippen LogP contribution in [-0.2, 0) is 0 Å². The minimum atomic E-state index is 0.709. The lowest BCUT2D eigenvalue weighted by Gasteiger charge is -1.89. The Hall–Kier alpha value is -1.03. The van der Waals surface area contributed by atoms with Gasteiger partial charge in [-0.1, -0.05) is 0 Å². The maximum atomic E-state index is 4.11. The Morgan fingerprint density at radius 1 is 1.55 bits per heavy atom. The minimum absolute atomic E-state index is 0.709. The number of hydrogen-bond donors (Lipinski definition) is 2. The van der Waals surface area contributed by atoms with Crippen LogP contribution in [0.5, 0.6) is 0 Å². The highest BCUT2D eigenvalue weighted by molar-refractivity contribution is 7.80. The normalized spacial score (nSPS) is 10.7. The highest BCUT2D eigenvalue weighted by Crippen LogP contribution is 2.15. The van der Waals surface area contributed by atoms with Crippen LogP contribution in [0.15, 0.2) is 17.3 Å². The van der Waals surface area contributed by atoms with Crippen LogP contribution in [0.2, 0.25) is 0 Å². The third-order valence-corrected chi connectivity index (χ3v) is 1.87. The highest BCUT2D eigenvalue weighted by Gasteiger charge is 2.00. The van der Waals surface area contributed by atoms with Gasteiger partial charge in [0.15, 0.2) is 0 Å². The van der Waals surface area contributed by atoms with E-state index in [-0.39, 0.29) is 0 Å². The molecule has 0 aromatic carbocycles. The van der Waals surface area contributed by atoms with Crippen molar-refractivity contribution in [3.05, 3.63) is 18.0 Å². The Labute approximate surface area is 69.2 Å². The standard InChI is InChI=1S/C7H7N3S/c1-4-5-3-8-7(11)2-6(5)10-9-4/h2-3H,1H3,(H,8,11)(H,9,10). The molecule has 1 N–H and O–H groups in total. The molecule has 0 aliphatic heterocycles. The largest absolute Gasteiger partial charge is 0.277 e. The van der Waals surface area contributed by atoms with E-state index >= 15 is 0 Å². The Morgan fingerprint density at radius 3 is 3.18 bits per heavy atom. The first-order valence-electron chi connectivity index (χ1n) is 3.27. The van der Waals surface area contributed by atoms with E-state index in [1.54, 1.807) is 6.20 Å². The minimum Gasteiger partial charge on any atom is -0.277 e. The van der Waals surface area contributed by atoms with Crippen molar-refractivity contribution in [2.24, 2.45) is 0 Å². The molecule has 0 amide bonds. The van der Waals surface area contributed by atoms with Crippen LogP contribution in [0, 0.1) is 6.92 Å². The van der Waals surface area contributed by atoms with Gasteiger partial charge in [0.25, 0.3) is 0 Å². The number of nitrogens with one attached hydrogen (secondary N) is 1. The summed E-state index contributed by atoms with van der Waals surface area (Å²) >= 11 is 4.11. The van der Waals surface area contributed by atoms with Crippen LogP contribution >= 0.6 is 12.6 Å². The third-order valence-electron chi connectivity index (χ3n) is 1.62. The number of pyridine rings is 1. The summed E-state index contributed by atoms with van der Waals surface area (Å²) in [5, 5.41) is 8.70. The zero-order valence-corrected chi connectivity index (χ0v) is 6.89. The van der Waals surface area contributed by atoms with Gasteiger partial charge < -0.3 is 0 Å². The first kappa shape index (κ1) is 6.67. The second-order valence-corrected chi connectivity index (χ2v) is 2.86. The molecule has 0 aliphatic rings. The molecule has 3 nitrogen and oxygen atoms in total. The number of H-pyrrole nitrogens is 1. The molecule has 0 atom stereocenters. The second kappa shape index (κ2) is 2.23. The fourth-order valence-electron chi connectivity index (χ4n) is 1.03. The van der Waals surface area contributed by atoms with Crippen LogP contribution in [0.4, 0.5) is 0 Å². The predicted molar refractivity (Wildman–Crippen MR) is 45.9 cm³/mol. The molecule has 56 valence electrons. The summed E-state index contributed by atoms with van der Waals surface area (Å²) in [7, 11) is 0. The monoisotopic (exact) mass is 165 g/mol. The van der Waals surface area contributed by atoms with Crippen molar-refractivity contribution in [2.75, 3.05) is 0 Å². The van der Waals surface area contributed by atoms with E-state index in [0.29, 0.717) is 5.03 Å². The Balaban J connectivity index is 2.86. The van der Waals surface area contributed by atoms with Gasteiger partial charge in [-0.25, -0.2) is 4.98 Å². The summed E-state index contributed by atoms with van der Waals surface area (Å²) in [5.41, 5.74) is 1.96. The number of hydrogen-bond acceptors (Lipinski definition) is 3. The number of rotatable bonds is 0. The quantitative estimate of drug-likeness (QED) is 0.581. The van der Waals surface area contributed by atoms with E-state index in [9.17, 15) is 0 Å². The van der Waals surface area contributed by atoms with Crippen LogP contribution in [-0.4, -0.2) is 15.2 Å². The third kappa shape index (κ3) is 0.991. The van der Waals surface area contributed by atoms with Crippen LogP contribution in [0.3, 0.4) is 0 Å². The van der Waals surface area contributed by atoms with Crippen LogP contribution in [0.1, 0.15) is 5.69 Å². The lowest BCUT2D eigenvalue weighted by molar-refractivity contribution is 1.07. The van der Waals surface area contributed by atoms with Gasteiger partial charge in [-0.05, 0) is 13.0 Å². The van der Waals surface area contributed by atoms with Crippen LogP contribution in [0.25, 0.3) is 10.9 Å². The first-order chi connectivity index (χ1) is 5.27. The SMILES string of the molecule is Cc1n[nH]c2cc(S)ncc12. The number of nitrogens with zero attached hydrogens (tertiary/aromatic N) is 2. The Bertz CT molecular complexity index is 393. The smallest absolute Gasteiger partial charge is 0.0951 e. The van der Waals surface area contributed by atoms with Gasteiger partial charge in [0.2, 0.25) is 0 Å². The molecule has 0 saturated carbocycles.